The summed E-state index contributed by atoms with van der Waals surface area (Å²) >= 11 is 0. The van der Waals surface area contributed by atoms with Crippen molar-refractivity contribution in [1.29, 1.82) is 0 Å². The third-order valence-electron chi connectivity index (χ3n) is 3.18. The van der Waals surface area contributed by atoms with Gasteiger partial charge in [-0.3, -0.25) is 4.98 Å². The zero-order valence-corrected chi connectivity index (χ0v) is 12.8. The van der Waals surface area contributed by atoms with Crippen LogP contribution < -0.4 is 4.72 Å². The molecular weight excluding hydrogens is 278 g/mol. The van der Waals surface area contributed by atoms with Crippen LogP contribution in [-0.2, 0) is 14.9 Å². The van der Waals surface area contributed by atoms with E-state index < -0.39 is 10.2 Å². The molecule has 0 spiro atoms. The number of ether oxygens (including phenoxy) is 1. The van der Waals surface area contributed by atoms with Crippen molar-refractivity contribution in [3.63, 3.8) is 0 Å². The van der Waals surface area contributed by atoms with Gasteiger partial charge >= 0.3 is 0 Å². The van der Waals surface area contributed by atoms with Gasteiger partial charge in [0.2, 0.25) is 0 Å². The van der Waals surface area contributed by atoms with Crippen LogP contribution in [-0.4, -0.2) is 43.0 Å². The molecule has 0 radical (unpaired) electrons. The van der Waals surface area contributed by atoms with Crippen molar-refractivity contribution in [2.75, 3.05) is 13.1 Å². The molecule has 1 N–H and O–H groups in total. The molecule has 2 rings (SSSR count). The molecule has 1 aromatic heterocycles. The fourth-order valence-corrected chi connectivity index (χ4v) is 3.85. The van der Waals surface area contributed by atoms with Gasteiger partial charge in [-0.15, -0.1) is 0 Å². The van der Waals surface area contributed by atoms with Crippen LogP contribution >= 0.6 is 0 Å². The number of nitrogens with one attached hydrogen (secondary N) is 1. The Labute approximate surface area is 120 Å². The molecule has 6 nitrogen and oxygen atoms in total. The number of morpholine rings is 1. The van der Waals surface area contributed by atoms with Crippen LogP contribution in [0, 0.1) is 0 Å². The monoisotopic (exact) mass is 299 g/mol. The van der Waals surface area contributed by atoms with Crippen molar-refractivity contribution in [2.45, 2.75) is 39.0 Å². The summed E-state index contributed by atoms with van der Waals surface area (Å²) in [5, 5.41) is 0. The number of pyridine rings is 1. The molecule has 1 aromatic rings. The molecule has 0 aromatic carbocycles. The lowest BCUT2D eigenvalue weighted by atomic mass is 10.2. The topological polar surface area (TPSA) is 71.5 Å². The van der Waals surface area contributed by atoms with E-state index in [-0.39, 0.29) is 18.2 Å². The summed E-state index contributed by atoms with van der Waals surface area (Å²) in [6.45, 7) is 6.27. The SMILES string of the molecule is C[C@@H]1CN(S(=O)(=O)N[C@H](C)c2ccccn2)C[C@H](C)O1. The number of rotatable bonds is 4. The summed E-state index contributed by atoms with van der Waals surface area (Å²) in [6, 6.07) is 5.08. The van der Waals surface area contributed by atoms with Crippen LogP contribution in [0.1, 0.15) is 32.5 Å². The summed E-state index contributed by atoms with van der Waals surface area (Å²) < 4.78 is 34.4. The first-order valence-corrected chi connectivity index (χ1v) is 8.16. The minimum absolute atomic E-state index is 0.0968. The van der Waals surface area contributed by atoms with Crippen LogP contribution in [0.5, 0.6) is 0 Å². The van der Waals surface area contributed by atoms with Crippen LogP contribution in [0.15, 0.2) is 24.4 Å². The molecule has 1 aliphatic rings. The second-order valence-electron chi connectivity index (χ2n) is 5.17. The maximum atomic E-state index is 12.4. The molecule has 1 aliphatic heterocycles. The van der Waals surface area contributed by atoms with Crippen LogP contribution in [0.2, 0.25) is 0 Å². The third kappa shape index (κ3) is 3.76. The average molecular weight is 299 g/mol. The fraction of sp³-hybridized carbons (Fsp3) is 0.615. The second kappa shape index (κ2) is 6.17. The highest BCUT2D eigenvalue weighted by Crippen LogP contribution is 2.16. The lowest BCUT2D eigenvalue weighted by Gasteiger charge is -2.34. The zero-order chi connectivity index (χ0) is 14.8. The Morgan fingerprint density at radius 2 is 2.00 bits per heavy atom. The van der Waals surface area contributed by atoms with Gasteiger partial charge in [0.15, 0.2) is 0 Å². The van der Waals surface area contributed by atoms with Crippen molar-refractivity contribution in [3.05, 3.63) is 30.1 Å². The van der Waals surface area contributed by atoms with Crippen molar-refractivity contribution in [3.8, 4) is 0 Å². The van der Waals surface area contributed by atoms with E-state index in [4.69, 9.17) is 4.74 Å². The fourth-order valence-electron chi connectivity index (χ4n) is 2.32. The van der Waals surface area contributed by atoms with Gasteiger partial charge in [0, 0.05) is 19.3 Å². The predicted octanol–water partition coefficient (Wildman–Crippen LogP) is 1.09. The predicted molar refractivity (Wildman–Crippen MR) is 76.3 cm³/mol. The van der Waals surface area contributed by atoms with Gasteiger partial charge in [0.05, 0.1) is 23.9 Å². The Hall–Kier alpha value is -1.02. The molecule has 2 heterocycles. The van der Waals surface area contributed by atoms with E-state index >= 15 is 0 Å². The van der Waals surface area contributed by atoms with Gasteiger partial charge in [-0.2, -0.15) is 17.4 Å². The van der Waals surface area contributed by atoms with E-state index in [1.165, 1.54) is 4.31 Å². The molecule has 0 unspecified atom stereocenters. The molecule has 112 valence electrons. The van der Waals surface area contributed by atoms with E-state index in [1.807, 2.05) is 19.9 Å². The van der Waals surface area contributed by atoms with Crippen LogP contribution in [0.25, 0.3) is 0 Å². The van der Waals surface area contributed by atoms with Gasteiger partial charge in [0.1, 0.15) is 0 Å². The van der Waals surface area contributed by atoms with E-state index in [9.17, 15) is 8.42 Å². The van der Waals surface area contributed by atoms with E-state index in [1.54, 1.807) is 25.3 Å². The summed E-state index contributed by atoms with van der Waals surface area (Å²) in [4.78, 5) is 4.17. The Balaban J connectivity index is 2.07. The quantitative estimate of drug-likeness (QED) is 0.903. The first-order chi connectivity index (χ1) is 9.38. The second-order valence-corrected chi connectivity index (χ2v) is 6.88. The smallest absolute Gasteiger partial charge is 0.280 e. The van der Waals surface area contributed by atoms with Crippen molar-refractivity contribution in [1.82, 2.24) is 14.0 Å². The minimum atomic E-state index is -3.53. The van der Waals surface area contributed by atoms with Crippen LogP contribution in [0.3, 0.4) is 0 Å². The number of nitrogens with zero attached hydrogens (tertiary/aromatic N) is 2. The number of hydrogen-bond donors (Lipinski definition) is 1. The Kier molecular flexibility index (Phi) is 4.74. The number of hydrogen-bond acceptors (Lipinski definition) is 4. The largest absolute Gasteiger partial charge is 0.373 e. The Morgan fingerprint density at radius 1 is 1.35 bits per heavy atom. The zero-order valence-electron chi connectivity index (χ0n) is 12.0. The molecule has 1 saturated heterocycles. The maximum Gasteiger partial charge on any atom is 0.280 e. The van der Waals surface area contributed by atoms with Gasteiger partial charge in [-0.05, 0) is 32.9 Å². The highest BCUT2D eigenvalue weighted by Gasteiger charge is 2.32. The molecule has 3 atom stereocenters. The maximum absolute atomic E-state index is 12.4. The molecule has 1 fully saturated rings. The summed E-state index contributed by atoms with van der Waals surface area (Å²) in [6.07, 6.45) is 1.46. The van der Waals surface area contributed by atoms with Crippen LogP contribution in [0.4, 0.5) is 0 Å². The number of aromatic nitrogens is 1. The first kappa shape index (κ1) is 15.4. The molecule has 0 saturated carbocycles. The van der Waals surface area contributed by atoms with E-state index in [2.05, 4.69) is 9.71 Å². The van der Waals surface area contributed by atoms with Crippen molar-refractivity contribution in [2.24, 2.45) is 0 Å². The van der Waals surface area contributed by atoms with Gasteiger partial charge in [0.25, 0.3) is 10.2 Å². The van der Waals surface area contributed by atoms with Gasteiger partial charge in [-0.1, -0.05) is 6.07 Å². The van der Waals surface area contributed by atoms with E-state index in [0.717, 1.165) is 0 Å². The Bertz CT molecular complexity index is 525. The Morgan fingerprint density at radius 3 is 2.55 bits per heavy atom. The standard InChI is InChI=1S/C13H21N3O3S/c1-10-8-16(9-11(2)19-10)20(17,18)15-12(3)13-6-4-5-7-14-13/h4-7,10-12,15H,8-9H2,1-3H3/t10-,11+,12-/m1/s1. The lowest BCUT2D eigenvalue weighted by molar-refractivity contribution is -0.0444. The molecule has 0 bridgehead atoms. The highest BCUT2D eigenvalue weighted by atomic mass is 32.2. The van der Waals surface area contributed by atoms with Crippen molar-refractivity contribution >= 4 is 10.2 Å². The van der Waals surface area contributed by atoms with E-state index in [0.29, 0.717) is 18.8 Å². The highest BCUT2D eigenvalue weighted by molar-refractivity contribution is 7.87. The third-order valence-corrected chi connectivity index (χ3v) is 4.81. The van der Waals surface area contributed by atoms with Gasteiger partial charge < -0.3 is 4.74 Å². The summed E-state index contributed by atoms with van der Waals surface area (Å²) in [5.41, 5.74) is 0.699. The molecule has 0 aliphatic carbocycles. The minimum Gasteiger partial charge on any atom is -0.373 e. The normalized spacial score (nSPS) is 26.4. The summed E-state index contributed by atoms with van der Waals surface area (Å²) in [7, 11) is -3.53. The van der Waals surface area contributed by atoms with Crippen molar-refractivity contribution < 1.29 is 13.2 Å². The molecule has 20 heavy (non-hydrogen) atoms. The van der Waals surface area contributed by atoms with Gasteiger partial charge in [-0.25, -0.2) is 0 Å². The molecular formula is C13H21N3O3S. The summed E-state index contributed by atoms with van der Waals surface area (Å²) in [5.74, 6) is 0. The molecule has 7 heteroatoms. The first-order valence-electron chi connectivity index (χ1n) is 6.72. The lowest BCUT2D eigenvalue weighted by Crippen LogP contribution is -2.52. The average Bonchev–Trinajstić information content (AvgIpc) is 2.38. The molecule has 0 amide bonds.